The van der Waals surface area contributed by atoms with E-state index in [9.17, 15) is 19.5 Å². The Morgan fingerprint density at radius 2 is 1.79 bits per heavy atom. The van der Waals surface area contributed by atoms with Crippen LogP contribution in [-0.4, -0.2) is 63.1 Å². The average Bonchev–Trinajstić information content (AvgIpc) is 2.63. The fraction of sp³-hybridized carbons (Fsp3) is 0.500. The van der Waals surface area contributed by atoms with Gasteiger partial charge in [-0.05, 0) is 46.1 Å². The number of nitrogens with zero attached hydrogens (tertiary/aromatic N) is 1. The molecule has 1 aliphatic carbocycles. The first-order valence-electron chi connectivity index (χ1n) is 9.51. The molecule has 0 bridgehead atoms. The van der Waals surface area contributed by atoms with E-state index < -0.39 is 22.8 Å². The molecule has 160 valence electrons. The predicted molar refractivity (Wildman–Crippen MR) is 116 cm³/mol. The van der Waals surface area contributed by atoms with E-state index in [1.807, 2.05) is 0 Å². The molecule has 7 heteroatoms. The van der Waals surface area contributed by atoms with E-state index in [1.54, 1.807) is 50.8 Å². The molecule has 0 aromatic heterocycles. The maximum absolute atomic E-state index is 12.0. The van der Waals surface area contributed by atoms with Gasteiger partial charge in [0.25, 0.3) is 0 Å². The summed E-state index contributed by atoms with van der Waals surface area (Å²) >= 11 is 1.36. The number of ketones is 2. The maximum atomic E-state index is 12.0. The zero-order valence-corrected chi connectivity index (χ0v) is 18.4. The number of thioether (sulfide) groups is 1. The van der Waals surface area contributed by atoms with Crippen molar-refractivity contribution >= 4 is 29.7 Å². The van der Waals surface area contributed by atoms with E-state index in [1.165, 1.54) is 17.8 Å². The number of amides is 1. The molecule has 1 saturated heterocycles. The smallest absolute Gasteiger partial charge is 0.233 e. The van der Waals surface area contributed by atoms with Gasteiger partial charge in [-0.2, -0.15) is 0 Å². The van der Waals surface area contributed by atoms with Gasteiger partial charge in [0.2, 0.25) is 18.0 Å². The fourth-order valence-electron chi connectivity index (χ4n) is 2.75. The van der Waals surface area contributed by atoms with Crippen LogP contribution in [0.4, 0.5) is 0 Å². The molecule has 2 rings (SSSR count). The molecule has 2 aliphatic rings. The van der Waals surface area contributed by atoms with Crippen molar-refractivity contribution in [2.75, 3.05) is 18.8 Å². The van der Waals surface area contributed by atoms with Gasteiger partial charge in [0.05, 0.1) is 11.2 Å². The number of hydrogen-bond donors (Lipinski definition) is 2. The summed E-state index contributed by atoms with van der Waals surface area (Å²) in [4.78, 5) is 37.0. The van der Waals surface area contributed by atoms with Crippen molar-refractivity contribution in [1.29, 1.82) is 0 Å². The summed E-state index contributed by atoms with van der Waals surface area (Å²) in [5.74, 6) is -0.666. The van der Waals surface area contributed by atoms with Crippen molar-refractivity contribution in [3.63, 3.8) is 0 Å². The number of piperidine rings is 1. The summed E-state index contributed by atoms with van der Waals surface area (Å²) in [5, 5.41) is 19.2. The van der Waals surface area contributed by atoms with Crippen molar-refractivity contribution in [2.45, 2.75) is 51.7 Å². The number of hydrogen-bond acceptors (Lipinski definition) is 6. The van der Waals surface area contributed by atoms with E-state index in [0.717, 1.165) is 6.41 Å². The van der Waals surface area contributed by atoms with Crippen molar-refractivity contribution in [2.24, 2.45) is 0 Å². The first kappa shape index (κ1) is 25.1. The topological polar surface area (TPSA) is 94.9 Å². The van der Waals surface area contributed by atoms with Crippen LogP contribution in [0.25, 0.3) is 0 Å². The SMILES string of the molecule is C=C/C=C1/C(SCC2(O)CCN(C=O)CC2)=CC(=O)C(=O)/C1=C/C.CC(C)(C)O. The van der Waals surface area contributed by atoms with Gasteiger partial charge in [0, 0.05) is 35.4 Å². The van der Waals surface area contributed by atoms with Crippen molar-refractivity contribution in [3.05, 3.63) is 46.9 Å². The molecule has 0 saturated carbocycles. The Bertz CT molecular complexity index is 729. The molecule has 1 heterocycles. The highest BCUT2D eigenvalue weighted by Crippen LogP contribution is 2.37. The highest BCUT2D eigenvalue weighted by Gasteiger charge is 2.34. The van der Waals surface area contributed by atoms with E-state index in [2.05, 4.69) is 6.58 Å². The molecule has 0 unspecified atom stereocenters. The Hall–Kier alpha value is -1.96. The normalized spacial score (nSPS) is 22.1. The van der Waals surface area contributed by atoms with Crippen molar-refractivity contribution < 1.29 is 24.6 Å². The molecule has 1 amide bonds. The summed E-state index contributed by atoms with van der Waals surface area (Å²) in [5.41, 5.74) is -0.353. The maximum Gasteiger partial charge on any atom is 0.233 e. The van der Waals surface area contributed by atoms with E-state index in [4.69, 9.17) is 5.11 Å². The summed E-state index contributed by atoms with van der Waals surface area (Å²) in [7, 11) is 0. The van der Waals surface area contributed by atoms with Gasteiger partial charge in [-0.25, -0.2) is 0 Å². The zero-order chi connectivity index (χ0) is 22.2. The monoisotopic (exact) mass is 421 g/mol. The molecular weight excluding hydrogens is 390 g/mol. The lowest BCUT2D eigenvalue weighted by Gasteiger charge is -2.36. The molecule has 0 spiro atoms. The molecule has 1 aliphatic heterocycles. The number of Topliss-reactive ketones (excluding diaryl/α,β-unsaturated/α-hetero) is 1. The lowest BCUT2D eigenvalue weighted by molar-refractivity contribution is -0.131. The van der Waals surface area contributed by atoms with Gasteiger partial charge in [0.15, 0.2) is 0 Å². The molecule has 29 heavy (non-hydrogen) atoms. The third-order valence-electron chi connectivity index (χ3n) is 4.23. The van der Waals surface area contributed by atoms with Crippen molar-refractivity contribution in [3.8, 4) is 0 Å². The van der Waals surface area contributed by atoms with Gasteiger partial charge in [-0.15, -0.1) is 11.8 Å². The Labute approximate surface area is 177 Å². The summed E-state index contributed by atoms with van der Waals surface area (Å²) in [6.45, 7) is 11.6. The van der Waals surface area contributed by atoms with Gasteiger partial charge in [-0.1, -0.05) is 24.8 Å². The van der Waals surface area contributed by atoms with Gasteiger partial charge < -0.3 is 15.1 Å². The number of allylic oxidation sites excluding steroid dienone is 6. The third kappa shape index (κ3) is 8.12. The molecule has 0 aromatic carbocycles. The molecular formula is C22H31NO5S. The fourth-order valence-corrected chi connectivity index (χ4v) is 3.98. The Balaban J connectivity index is 0.000000749. The number of carbonyl (C=O) groups excluding carboxylic acids is 3. The van der Waals surface area contributed by atoms with Crippen LogP contribution in [0.3, 0.4) is 0 Å². The molecule has 1 fully saturated rings. The number of aliphatic hydroxyl groups is 2. The molecule has 0 aromatic rings. The van der Waals surface area contributed by atoms with Crippen LogP contribution in [0, 0.1) is 0 Å². The minimum Gasteiger partial charge on any atom is -0.391 e. The highest BCUT2D eigenvalue weighted by atomic mass is 32.2. The van der Waals surface area contributed by atoms with Gasteiger partial charge in [-0.3, -0.25) is 14.4 Å². The van der Waals surface area contributed by atoms with Crippen LogP contribution < -0.4 is 0 Å². The molecule has 0 radical (unpaired) electrons. The van der Waals surface area contributed by atoms with Crippen LogP contribution >= 0.6 is 11.8 Å². The first-order valence-corrected chi connectivity index (χ1v) is 10.5. The Morgan fingerprint density at radius 3 is 2.24 bits per heavy atom. The van der Waals surface area contributed by atoms with E-state index in [0.29, 0.717) is 47.7 Å². The number of carbonyl (C=O) groups is 3. The zero-order valence-electron chi connectivity index (χ0n) is 17.6. The quantitative estimate of drug-likeness (QED) is 0.402. The van der Waals surface area contributed by atoms with Crippen LogP contribution in [0.1, 0.15) is 40.5 Å². The van der Waals surface area contributed by atoms with Crippen LogP contribution in [0.2, 0.25) is 0 Å². The number of rotatable bonds is 5. The van der Waals surface area contributed by atoms with Crippen molar-refractivity contribution in [1.82, 2.24) is 4.90 Å². The summed E-state index contributed by atoms with van der Waals surface area (Å²) in [6, 6.07) is 0. The van der Waals surface area contributed by atoms with E-state index in [-0.39, 0.29) is 0 Å². The molecule has 2 N–H and O–H groups in total. The minimum absolute atomic E-state index is 0.368. The van der Waals surface area contributed by atoms with E-state index >= 15 is 0 Å². The second kappa shape index (κ2) is 10.7. The minimum atomic E-state index is -0.884. The second-order valence-corrected chi connectivity index (χ2v) is 9.06. The molecule has 0 atom stereocenters. The Morgan fingerprint density at radius 1 is 1.24 bits per heavy atom. The first-order chi connectivity index (χ1) is 13.4. The third-order valence-corrected chi connectivity index (χ3v) is 5.56. The summed E-state index contributed by atoms with van der Waals surface area (Å²) < 4.78 is 0. The predicted octanol–water partition coefficient (Wildman–Crippen LogP) is 2.57. The standard InChI is InChI=1S/C18H21NO4S.C4H10O/c1-3-5-14-13(4-2)17(22)15(21)10-16(14)24-11-18(23)6-8-19(12-20)9-7-18;1-4(2,3)5/h3-5,10,12,23H,1,6-9,11H2,2H3;5H,1-3H3/b13-4+,14-5+;. The lowest BCUT2D eigenvalue weighted by Crippen LogP contribution is -2.45. The second-order valence-electron chi connectivity index (χ2n) is 8.05. The largest absolute Gasteiger partial charge is 0.391 e. The van der Waals surface area contributed by atoms with Crippen LogP contribution in [0.5, 0.6) is 0 Å². The van der Waals surface area contributed by atoms with Gasteiger partial charge >= 0.3 is 0 Å². The average molecular weight is 422 g/mol. The van der Waals surface area contributed by atoms with Gasteiger partial charge in [0.1, 0.15) is 0 Å². The van der Waals surface area contributed by atoms with Crippen LogP contribution in [-0.2, 0) is 14.4 Å². The number of likely N-dealkylation sites (tertiary alicyclic amines) is 1. The molecule has 6 nitrogen and oxygen atoms in total. The highest BCUT2D eigenvalue weighted by molar-refractivity contribution is 8.03. The van der Waals surface area contributed by atoms with Crippen LogP contribution in [0.15, 0.2) is 46.9 Å². The lowest BCUT2D eigenvalue weighted by atomic mass is 9.92. The Kier molecular flexibility index (Phi) is 9.26. The summed E-state index contributed by atoms with van der Waals surface area (Å²) in [6.07, 6.45) is 8.03.